The van der Waals surface area contributed by atoms with Crippen molar-refractivity contribution in [3.05, 3.63) is 17.7 Å². The van der Waals surface area contributed by atoms with E-state index in [1.807, 2.05) is 4.90 Å². The van der Waals surface area contributed by atoms with Gasteiger partial charge in [-0.2, -0.15) is 13.2 Å². The van der Waals surface area contributed by atoms with Crippen molar-refractivity contribution >= 4 is 11.8 Å². The zero-order valence-electron chi connectivity index (χ0n) is 15.7. The van der Waals surface area contributed by atoms with Crippen molar-refractivity contribution < 1.29 is 22.8 Å². The van der Waals surface area contributed by atoms with Gasteiger partial charge >= 0.3 is 6.18 Å². The van der Waals surface area contributed by atoms with Gasteiger partial charge in [-0.15, -0.1) is 0 Å². The van der Waals surface area contributed by atoms with Gasteiger partial charge in [-0.1, -0.05) is 12.8 Å². The molecule has 1 aromatic rings. The molecule has 3 aliphatic rings. The third-order valence-electron chi connectivity index (χ3n) is 6.28. The number of rotatable bonds is 3. The number of piperazine rings is 1. The topological polar surface area (TPSA) is 58.4 Å². The monoisotopic (exact) mass is 398 g/mol. The Kier molecular flexibility index (Phi) is 5.09. The number of nitrogens with zero attached hydrogens (tertiary/aromatic N) is 4. The highest BCUT2D eigenvalue weighted by atomic mass is 19.4. The Morgan fingerprint density at radius 3 is 2.57 bits per heavy atom. The van der Waals surface area contributed by atoms with E-state index in [1.54, 1.807) is 4.90 Å². The molecule has 2 aliphatic heterocycles. The second-order valence-electron chi connectivity index (χ2n) is 8.16. The van der Waals surface area contributed by atoms with Gasteiger partial charge in [0, 0.05) is 50.4 Å². The molecule has 2 fully saturated rings. The van der Waals surface area contributed by atoms with Crippen molar-refractivity contribution in [3.63, 3.8) is 0 Å². The van der Waals surface area contributed by atoms with E-state index in [9.17, 15) is 22.8 Å². The highest BCUT2D eigenvalue weighted by molar-refractivity contribution is 5.87. The maximum Gasteiger partial charge on any atom is 0.449 e. The van der Waals surface area contributed by atoms with Crippen LogP contribution in [0.25, 0.3) is 0 Å². The Hall–Kier alpha value is -2.06. The molecule has 154 valence electrons. The van der Waals surface area contributed by atoms with E-state index in [-0.39, 0.29) is 37.2 Å². The van der Waals surface area contributed by atoms with Crippen LogP contribution in [0, 0.1) is 11.8 Å². The first-order chi connectivity index (χ1) is 13.3. The third-order valence-corrected chi connectivity index (χ3v) is 6.28. The normalized spacial score (nSPS) is 24.0. The number of hydrogen-bond donors (Lipinski definition) is 0. The average molecular weight is 398 g/mol. The molecule has 1 saturated carbocycles. The molecule has 1 aliphatic carbocycles. The number of imidazole rings is 1. The summed E-state index contributed by atoms with van der Waals surface area (Å²) in [4.78, 5) is 32.3. The first-order valence-electron chi connectivity index (χ1n) is 10.0. The van der Waals surface area contributed by atoms with Crippen LogP contribution in [0.1, 0.15) is 43.6 Å². The zero-order chi connectivity index (χ0) is 19.9. The number of amides is 2. The van der Waals surface area contributed by atoms with Gasteiger partial charge in [0.05, 0.1) is 6.54 Å². The summed E-state index contributed by atoms with van der Waals surface area (Å²) in [5, 5.41) is 0. The molecule has 0 N–H and O–H groups in total. The van der Waals surface area contributed by atoms with Crippen LogP contribution in [-0.4, -0.2) is 57.3 Å². The van der Waals surface area contributed by atoms with Crippen molar-refractivity contribution in [1.82, 2.24) is 19.4 Å². The molecule has 0 bridgehead atoms. The van der Waals surface area contributed by atoms with E-state index in [1.165, 1.54) is 31.9 Å². The molecule has 0 radical (unpaired) electrons. The minimum Gasteiger partial charge on any atom is -0.339 e. The maximum absolute atomic E-state index is 13.0. The highest BCUT2D eigenvalue weighted by Gasteiger charge is 2.40. The summed E-state index contributed by atoms with van der Waals surface area (Å²) >= 11 is 0. The Labute approximate surface area is 161 Å². The van der Waals surface area contributed by atoms with Crippen molar-refractivity contribution in [2.45, 2.75) is 51.2 Å². The Morgan fingerprint density at radius 2 is 1.89 bits per heavy atom. The molecule has 1 atom stereocenters. The number of halogens is 3. The third kappa shape index (κ3) is 3.75. The molecule has 1 saturated heterocycles. The summed E-state index contributed by atoms with van der Waals surface area (Å²) in [5.74, 6) is -0.863. The quantitative estimate of drug-likeness (QED) is 0.785. The summed E-state index contributed by atoms with van der Waals surface area (Å²) in [7, 11) is 0. The standard InChI is InChI=1S/C19H25F3N4O2/c20-19(21,22)18-23-10-15-9-14(5-6-26(15)18)17(28)25-8-7-24(16(27)12-25)11-13-3-1-2-4-13/h10,13-14H,1-9,11-12H2/t14-/m1/s1. The van der Waals surface area contributed by atoms with Crippen molar-refractivity contribution in [1.29, 1.82) is 0 Å². The molecule has 2 amide bonds. The van der Waals surface area contributed by atoms with Crippen LogP contribution in [-0.2, 0) is 28.7 Å². The van der Waals surface area contributed by atoms with Crippen LogP contribution in [0.4, 0.5) is 13.2 Å². The molecule has 0 aromatic carbocycles. The maximum atomic E-state index is 13.0. The van der Waals surface area contributed by atoms with Crippen LogP contribution in [0.5, 0.6) is 0 Å². The van der Waals surface area contributed by atoms with E-state index in [0.29, 0.717) is 31.1 Å². The Balaban J connectivity index is 1.35. The minimum absolute atomic E-state index is 0.0216. The molecule has 4 rings (SSSR count). The van der Waals surface area contributed by atoms with Gasteiger partial charge in [-0.25, -0.2) is 4.98 Å². The predicted molar refractivity (Wildman–Crippen MR) is 94.2 cm³/mol. The molecule has 9 heteroatoms. The lowest BCUT2D eigenvalue weighted by Gasteiger charge is -2.37. The molecule has 3 heterocycles. The molecule has 0 spiro atoms. The smallest absolute Gasteiger partial charge is 0.339 e. The first-order valence-corrected chi connectivity index (χ1v) is 10.0. The van der Waals surface area contributed by atoms with Gasteiger partial charge in [0.15, 0.2) is 0 Å². The van der Waals surface area contributed by atoms with Gasteiger partial charge in [0.1, 0.15) is 0 Å². The largest absolute Gasteiger partial charge is 0.449 e. The van der Waals surface area contributed by atoms with Crippen LogP contribution in [0.15, 0.2) is 6.20 Å². The molecule has 28 heavy (non-hydrogen) atoms. The molecule has 6 nitrogen and oxygen atoms in total. The van der Waals surface area contributed by atoms with Gasteiger partial charge in [0.2, 0.25) is 17.6 Å². The molecular weight excluding hydrogens is 373 g/mol. The fraction of sp³-hybridized carbons (Fsp3) is 0.737. The predicted octanol–water partition coefficient (Wildman–Crippen LogP) is 2.33. The van der Waals surface area contributed by atoms with Gasteiger partial charge < -0.3 is 14.4 Å². The summed E-state index contributed by atoms with van der Waals surface area (Å²) < 4.78 is 40.1. The van der Waals surface area contributed by atoms with Gasteiger partial charge in [0.25, 0.3) is 0 Å². The summed E-state index contributed by atoms with van der Waals surface area (Å²) in [6, 6.07) is 0. The van der Waals surface area contributed by atoms with Crippen molar-refractivity contribution in [2.75, 3.05) is 26.2 Å². The van der Waals surface area contributed by atoms with Crippen molar-refractivity contribution in [2.24, 2.45) is 11.8 Å². The first kappa shape index (κ1) is 19.3. The van der Waals surface area contributed by atoms with E-state index in [2.05, 4.69) is 4.98 Å². The van der Waals surface area contributed by atoms with Crippen LogP contribution >= 0.6 is 0 Å². The number of fused-ring (bicyclic) bond motifs is 1. The summed E-state index contributed by atoms with van der Waals surface area (Å²) in [6.07, 6.45) is 2.09. The van der Waals surface area contributed by atoms with Crippen LogP contribution in [0.3, 0.4) is 0 Å². The molecule has 0 unspecified atom stereocenters. The lowest BCUT2D eigenvalue weighted by Crippen LogP contribution is -2.54. The molecule has 1 aromatic heterocycles. The Bertz CT molecular complexity index is 755. The van der Waals surface area contributed by atoms with Crippen LogP contribution in [0.2, 0.25) is 0 Å². The van der Waals surface area contributed by atoms with Gasteiger partial charge in [-0.05, 0) is 25.2 Å². The van der Waals surface area contributed by atoms with Crippen LogP contribution < -0.4 is 0 Å². The number of carbonyl (C=O) groups excluding carboxylic acids is 2. The van der Waals surface area contributed by atoms with E-state index in [4.69, 9.17) is 0 Å². The average Bonchev–Trinajstić information content (AvgIpc) is 3.31. The summed E-state index contributed by atoms with van der Waals surface area (Å²) in [6.45, 7) is 2.03. The van der Waals surface area contributed by atoms with Crippen molar-refractivity contribution in [3.8, 4) is 0 Å². The SMILES string of the molecule is O=C1CN(C(=O)[C@@H]2CCn3c(cnc3C(F)(F)F)C2)CCN1CC1CCCC1. The fourth-order valence-corrected chi connectivity index (χ4v) is 4.75. The second kappa shape index (κ2) is 7.40. The highest BCUT2D eigenvalue weighted by Crippen LogP contribution is 2.33. The second-order valence-corrected chi connectivity index (χ2v) is 8.16. The number of hydrogen-bond acceptors (Lipinski definition) is 3. The minimum atomic E-state index is -4.49. The fourth-order valence-electron chi connectivity index (χ4n) is 4.75. The lowest BCUT2D eigenvalue weighted by molar-refractivity contribution is -0.149. The van der Waals surface area contributed by atoms with E-state index in [0.717, 1.165) is 11.1 Å². The van der Waals surface area contributed by atoms with Gasteiger partial charge in [-0.3, -0.25) is 9.59 Å². The van der Waals surface area contributed by atoms with E-state index < -0.39 is 12.0 Å². The number of alkyl halides is 3. The van der Waals surface area contributed by atoms with E-state index >= 15 is 0 Å². The Morgan fingerprint density at radius 1 is 1.14 bits per heavy atom. The lowest BCUT2D eigenvalue weighted by atomic mass is 9.94. The number of aromatic nitrogens is 2. The summed E-state index contributed by atoms with van der Waals surface area (Å²) in [5.41, 5.74) is 0.433. The number of carbonyl (C=O) groups is 2. The zero-order valence-corrected chi connectivity index (χ0v) is 15.7. The molecular formula is C19H25F3N4O2.